The molecule has 0 saturated carbocycles. The van der Waals surface area contributed by atoms with Crippen LogP contribution in [0.25, 0.3) is 0 Å². The van der Waals surface area contributed by atoms with Crippen molar-refractivity contribution < 1.29 is 4.74 Å². The number of hydrogen-bond acceptors (Lipinski definition) is 4. The van der Waals surface area contributed by atoms with Crippen LogP contribution in [-0.2, 0) is 0 Å². The Bertz CT molecular complexity index is 598. The summed E-state index contributed by atoms with van der Waals surface area (Å²) < 4.78 is 5.32. The van der Waals surface area contributed by atoms with Crippen molar-refractivity contribution >= 4 is 29.9 Å². The lowest BCUT2D eigenvalue weighted by molar-refractivity contribution is 0.245. The largest absolute Gasteiger partial charge is 0.497 e. The minimum atomic E-state index is 0. The molecule has 6 nitrogen and oxygen atoms in total. The van der Waals surface area contributed by atoms with Gasteiger partial charge in [0.25, 0.3) is 0 Å². The van der Waals surface area contributed by atoms with Crippen LogP contribution in [0.4, 0.5) is 0 Å². The van der Waals surface area contributed by atoms with Gasteiger partial charge in [0.2, 0.25) is 0 Å². The molecule has 1 aromatic rings. The zero-order valence-corrected chi connectivity index (χ0v) is 20.4. The second kappa shape index (κ2) is 13.3. The van der Waals surface area contributed by atoms with Crippen molar-refractivity contribution in [2.75, 3.05) is 60.0 Å². The highest BCUT2D eigenvalue weighted by molar-refractivity contribution is 14.0. The van der Waals surface area contributed by atoms with Gasteiger partial charge >= 0.3 is 0 Å². The fraction of sp³-hybridized carbons (Fsp3) is 0.682. The third-order valence-corrected chi connectivity index (χ3v) is 5.91. The molecule has 2 heterocycles. The molecular formula is C22H38IN5O. The zero-order chi connectivity index (χ0) is 19.6. The average Bonchev–Trinajstić information content (AvgIpc) is 3.44. The molecule has 7 heteroatoms. The van der Waals surface area contributed by atoms with Crippen LogP contribution in [0.15, 0.2) is 29.3 Å². The van der Waals surface area contributed by atoms with Gasteiger partial charge in [-0.3, -0.25) is 9.89 Å². The van der Waals surface area contributed by atoms with Crippen molar-refractivity contribution in [3.8, 4) is 5.75 Å². The van der Waals surface area contributed by atoms with Gasteiger partial charge < -0.3 is 20.3 Å². The van der Waals surface area contributed by atoms with Crippen molar-refractivity contribution in [2.45, 2.75) is 38.1 Å². The monoisotopic (exact) mass is 515 g/mol. The molecule has 1 aromatic carbocycles. The first-order valence-electron chi connectivity index (χ1n) is 10.8. The lowest BCUT2D eigenvalue weighted by Crippen LogP contribution is -2.43. The quantitative estimate of drug-likeness (QED) is 0.229. The normalized spacial score (nSPS) is 19.0. The summed E-state index contributed by atoms with van der Waals surface area (Å²) in [5.41, 5.74) is 1.33. The molecule has 0 amide bonds. The van der Waals surface area contributed by atoms with Crippen molar-refractivity contribution in [2.24, 2.45) is 4.99 Å². The fourth-order valence-corrected chi connectivity index (χ4v) is 4.27. The van der Waals surface area contributed by atoms with E-state index in [1.807, 2.05) is 7.05 Å². The van der Waals surface area contributed by atoms with Crippen molar-refractivity contribution in [3.05, 3.63) is 29.8 Å². The highest BCUT2D eigenvalue weighted by Gasteiger charge is 2.23. The standard InChI is InChI=1S/C22H37N5O.HI/c1-23-22(24-12-7-15-26-13-3-4-14-26)25-18-21(27-16-5-6-17-27)19-8-10-20(28-2)11-9-19;/h8-11,21H,3-7,12-18H2,1-2H3,(H2,23,24,25);1H. The summed E-state index contributed by atoms with van der Waals surface area (Å²) in [6.45, 7) is 7.89. The average molecular weight is 515 g/mol. The number of methoxy groups -OCH3 is 1. The van der Waals surface area contributed by atoms with Gasteiger partial charge in [-0.15, -0.1) is 24.0 Å². The second-order valence-electron chi connectivity index (χ2n) is 7.81. The lowest BCUT2D eigenvalue weighted by atomic mass is 10.1. The summed E-state index contributed by atoms with van der Waals surface area (Å²) in [5.74, 6) is 1.81. The molecule has 1 atom stereocenters. The predicted octanol–water partition coefficient (Wildman–Crippen LogP) is 3.10. The van der Waals surface area contributed by atoms with Crippen LogP contribution in [0.2, 0.25) is 0 Å². The van der Waals surface area contributed by atoms with Gasteiger partial charge in [-0.2, -0.15) is 0 Å². The predicted molar refractivity (Wildman–Crippen MR) is 132 cm³/mol. The van der Waals surface area contributed by atoms with Gasteiger partial charge in [0.1, 0.15) is 5.75 Å². The third-order valence-electron chi connectivity index (χ3n) is 5.91. The summed E-state index contributed by atoms with van der Waals surface area (Å²) in [5, 5.41) is 7.04. The van der Waals surface area contributed by atoms with Crippen LogP contribution in [-0.4, -0.2) is 75.7 Å². The molecule has 0 aromatic heterocycles. The number of rotatable bonds is 9. The molecule has 0 aliphatic carbocycles. The summed E-state index contributed by atoms with van der Waals surface area (Å²) >= 11 is 0. The molecule has 29 heavy (non-hydrogen) atoms. The first-order valence-corrected chi connectivity index (χ1v) is 10.8. The molecule has 3 rings (SSSR count). The Labute approximate surface area is 193 Å². The van der Waals surface area contributed by atoms with Gasteiger partial charge in [0, 0.05) is 20.1 Å². The van der Waals surface area contributed by atoms with E-state index in [0.29, 0.717) is 6.04 Å². The number of halogens is 1. The molecule has 2 aliphatic heterocycles. The molecule has 2 aliphatic rings. The Morgan fingerprint density at radius 2 is 1.69 bits per heavy atom. The highest BCUT2D eigenvalue weighted by atomic mass is 127. The maximum Gasteiger partial charge on any atom is 0.191 e. The first kappa shape index (κ1) is 24.2. The molecule has 2 N–H and O–H groups in total. The van der Waals surface area contributed by atoms with Crippen LogP contribution in [0, 0.1) is 0 Å². The Kier molecular flexibility index (Phi) is 11.1. The smallest absolute Gasteiger partial charge is 0.191 e. The molecule has 0 spiro atoms. The number of guanidine groups is 1. The maximum absolute atomic E-state index is 5.32. The number of benzene rings is 1. The minimum absolute atomic E-state index is 0. The minimum Gasteiger partial charge on any atom is -0.497 e. The Balaban J connectivity index is 0.00000300. The van der Waals surface area contributed by atoms with E-state index in [9.17, 15) is 0 Å². The molecule has 2 saturated heterocycles. The summed E-state index contributed by atoms with van der Waals surface area (Å²) in [6.07, 6.45) is 6.46. The Morgan fingerprint density at radius 3 is 2.31 bits per heavy atom. The summed E-state index contributed by atoms with van der Waals surface area (Å²) in [6, 6.07) is 8.86. The van der Waals surface area contributed by atoms with Crippen molar-refractivity contribution in [1.82, 2.24) is 20.4 Å². The van der Waals surface area contributed by atoms with E-state index in [2.05, 4.69) is 49.7 Å². The maximum atomic E-state index is 5.32. The van der Waals surface area contributed by atoms with Crippen LogP contribution < -0.4 is 15.4 Å². The SMILES string of the molecule is CN=C(NCCCN1CCCC1)NCC(c1ccc(OC)cc1)N1CCCC1.I. The molecule has 2 fully saturated rings. The Morgan fingerprint density at radius 1 is 1.03 bits per heavy atom. The van der Waals surface area contributed by atoms with Gasteiger partial charge in [0.05, 0.1) is 13.2 Å². The lowest BCUT2D eigenvalue weighted by Gasteiger charge is -2.29. The van der Waals surface area contributed by atoms with E-state index in [1.165, 1.54) is 64.0 Å². The van der Waals surface area contributed by atoms with Crippen molar-refractivity contribution in [3.63, 3.8) is 0 Å². The van der Waals surface area contributed by atoms with E-state index in [0.717, 1.165) is 31.2 Å². The second-order valence-corrected chi connectivity index (χ2v) is 7.81. The van der Waals surface area contributed by atoms with Crippen LogP contribution in [0.3, 0.4) is 0 Å². The van der Waals surface area contributed by atoms with E-state index in [4.69, 9.17) is 4.74 Å². The van der Waals surface area contributed by atoms with Gasteiger partial charge in [0.15, 0.2) is 5.96 Å². The Hall–Kier alpha value is -1.06. The van der Waals surface area contributed by atoms with Gasteiger partial charge in [-0.25, -0.2) is 0 Å². The first-order chi connectivity index (χ1) is 13.8. The molecule has 0 bridgehead atoms. The fourth-order valence-electron chi connectivity index (χ4n) is 4.27. The summed E-state index contributed by atoms with van der Waals surface area (Å²) in [7, 11) is 3.57. The highest BCUT2D eigenvalue weighted by Crippen LogP contribution is 2.26. The third kappa shape index (κ3) is 7.61. The van der Waals surface area contributed by atoms with Crippen LogP contribution >= 0.6 is 24.0 Å². The number of ether oxygens (including phenoxy) is 1. The number of nitrogens with zero attached hydrogens (tertiary/aromatic N) is 3. The molecule has 164 valence electrons. The molecular weight excluding hydrogens is 477 g/mol. The number of aliphatic imine (C=N–C) groups is 1. The van der Waals surface area contributed by atoms with E-state index < -0.39 is 0 Å². The van der Waals surface area contributed by atoms with Gasteiger partial charge in [-0.1, -0.05) is 12.1 Å². The molecule has 0 radical (unpaired) electrons. The van der Waals surface area contributed by atoms with E-state index in [-0.39, 0.29) is 24.0 Å². The van der Waals surface area contributed by atoms with Crippen LogP contribution in [0.1, 0.15) is 43.7 Å². The van der Waals surface area contributed by atoms with Crippen molar-refractivity contribution in [1.29, 1.82) is 0 Å². The number of likely N-dealkylation sites (tertiary alicyclic amines) is 2. The molecule has 1 unspecified atom stereocenters. The van der Waals surface area contributed by atoms with Crippen LogP contribution in [0.5, 0.6) is 5.75 Å². The zero-order valence-electron chi connectivity index (χ0n) is 18.0. The van der Waals surface area contributed by atoms with E-state index >= 15 is 0 Å². The topological polar surface area (TPSA) is 52.1 Å². The van der Waals surface area contributed by atoms with Gasteiger partial charge in [-0.05, 0) is 82.5 Å². The summed E-state index contributed by atoms with van der Waals surface area (Å²) in [4.78, 5) is 9.56. The van der Waals surface area contributed by atoms with E-state index in [1.54, 1.807) is 7.11 Å². The number of nitrogens with one attached hydrogen (secondary N) is 2. The number of hydrogen-bond donors (Lipinski definition) is 2.